The quantitative estimate of drug-likeness (QED) is 0.467. The highest BCUT2D eigenvalue weighted by molar-refractivity contribution is 5.81. The molecule has 36 heavy (non-hydrogen) atoms. The van der Waals surface area contributed by atoms with Gasteiger partial charge in [-0.25, -0.2) is 14.1 Å². The van der Waals surface area contributed by atoms with Crippen molar-refractivity contribution in [2.45, 2.75) is 37.8 Å². The minimum absolute atomic E-state index is 0.112. The summed E-state index contributed by atoms with van der Waals surface area (Å²) in [6, 6.07) is 13.8. The molecule has 1 saturated heterocycles. The molecule has 4 aromatic rings. The van der Waals surface area contributed by atoms with Gasteiger partial charge in [-0.1, -0.05) is 24.3 Å². The molecule has 1 aliphatic carbocycles. The Kier molecular flexibility index (Phi) is 5.44. The molecule has 2 fully saturated rings. The molecular formula is C27H26FN5O3. The summed E-state index contributed by atoms with van der Waals surface area (Å²) in [4.78, 5) is 31.9. The summed E-state index contributed by atoms with van der Waals surface area (Å²) in [5, 5.41) is 15.9. The summed E-state index contributed by atoms with van der Waals surface area (Å²) in [6.45, 7) is 1.10. The predicted molar refractivity (Wildman–Crippen MR) is 132 cm³/mol. The molecule has 0 radical (unpaired) electrons. The third-order valence-electron chi connectivity index (χ3n) is 7.20. The molecule has 2 aromatic carbocycles. The van der Waals surface area contributed by atoms with Crippen LogP contribution in [0.2, 0.25) is 0 Å². The van der Waals surface area contributed by atoms with E-state index in [1.54, 1.807) is 10.7 Å². The number of aliphatic hydroxyl groups is 1. The highest BCUT2D eigenvalue weighted by Crippen LogP contribution is 2.33. The number of likely N-dealkylation sites (tertiary alicyclic amines) is 1. The molecule has 1 amide bonds. The van der Waals surface area contributed by atoms with Crippen molar-refractivity contribution < 1.29 is 14.3 Å². The molecule has 1 saturated carbocycles. The van der Waals surface area contributed by atoms with Crippen molar-refractivity contribution in [3.8, 4) is 16.8 Å². The zero-order chi connectivity index (χ0) is 24.9. The number of nitrogens with zero attached hydrogens (tertiary/aromatic N) is 5. The van der Waals surface area contributed by atoms with E-state index in [4.69, 9.17) is 0 Å². The summed E-state index contributed by atoms with van der Waals surface area (Å²) in [5.41, 5.74) is 1.30. The maximum atomic E-state index is 13.7. The Hall–Kier alpha value is -3.85. The van der Waals surface area contributed by atoms with Gasteiger partial charge in [-0.2, -0.15) is 5.10 Å². The lowest BCUT2D eigenvalue weighted by Crippen LogP contribution is -2.50. The normalized spacial score (nSPS) is 17.4. The lowest BCUT2D eigenvalue weighted by molar-refractivity contribution is -0.137. The van der Waals surface area contributed by atoms with Crippen molar-refractivity contribution in [3.63, 3.8) is 0 Å². The van der Waals surface area contributed by atoms with E-state index < -0.39 is 5.60 Å². The maximum absolute atomic E-state index is 13.7. The SMILES string of the molecule is O=C(C1CC1)N1CCC(O)(Cn2cnc3c(cnn3-c3cccc(-c4cccc(F)c4)c3)c2=O)CC1. The van der Waals surface area contributed by atoms with Crippen molar-refractivity contribution in [3.05, 3.63) is 77.2 Å². The molecule has 1 N–H and O–H groups in total. The van der Waals surface area contributed by atoms with Crippen LogP contribution in [-0.2, 0) is 11.3 Å². The Morgan fingerprint density at radius 1 is 1.08 bits per heavy atom. The average molecular weight is 488 g/mol. The predicted octanol–water partition coefficient (Wildman–Crippen LogP) is 3.15. The van der Waals surface area contributed by atoms with Crippen LogP contribution >= 0.6 is 0 Å². The molecule has 8 nitrogen and oxygen atoms in total. The number of carbonyl (C=O) groups excluding carboxylic acids is 1. The van der Waals surface area contributed by atoms with E-state index >= 15 is 0 Å². The molecule has 0 unspecified atom stereocenters. The highest BCUT2D eigenvalue weighted by Gasteiger charge is 2.39. The highest BCUT2D eigenvalue weighted by atomic mass is 19.1. The number of hydrogen-bond acceptors (Lipinski definition) is 5. The number of halogens is 1. The second kappa shape index (κ2) is 8.67. The number of piperidine rings is 1. The first-order chi connectivity index (χ1) is 17.4. The van der Waals surface area contributed by atoms with E-state index in [1.807, 2.05) is 35.2 Å². The van der Waals surface area contributed by atoms with Gasteiger partial charge in [-0.05, 0) is 61.1 Å². The van der Waals surface area contributed by atoms with Crippen molar-refractivity contribution >= 4 is 16.9 Å². The van der Waals surface area contributed by atoms with Gasteiger partial charge in [0, 0.05) is 19.0 Å². The van der Waals surface area contributed by atoms with Crippen LogP contribution in [-0.4, -0.2) is 53.9 Å². The van der Waals surface area contributed by atoms with Crippen molar-refractivity contribution in [1.82, 2.24) is 24.2 Å². The first kappa shape index (κ1) is 22.6. The fourth-order valence-electron chi connectivity index (χ4n) is 4.94. The van der Waals surface area contributed by atoms with Gasteiger partial charge in [0.05, 0.1) is 24.0 Å². The van der Waals surface area contributed by atoms with Crippen molar-refractivity contribution in [2.24, 2.45) is 5.92 Å². The molecule has 0 spiro atoms. The van der Waals surface area contributed by atoms with Crippen LogP contribution in [0.25, 0.3) is 27.8 Å². The Morgan fingerprint density at radius 2 is 1.81 bits per heavy atom. The van der Waals surface area contributed by atoms with Crippen LogP contribution in [0.4, 0.5) is 4.39 Å². The van der Waals surface area contributed by atoms with E-state index in [0.29, 0.717) is 42.7 Å². The largest absolute Gasteiger partial charge is 0.388 e. The Morgan fingerprint density at radius 3 is 2.53 bits per heavy atom. The molecule has 184 valence electrons. The van der Waals surface area contributed by atoms with E-state index in [2.05, 4.69) is 10.1 Å². The summed E-state index contributed by atoms with van der Waals surface area (Å²) in [7, 11) is 0. The summed E-state index contributed by atoms with van der Waals surface area (Å²) in [5.74, 6) is 0.0363. The lowest BCUT2D eigenvalue weighted by atomic mass is 9.91. The smallest absolute Gasteiger partial charge is 0.264 e. The maximum Gasteiger partial charge on any atom is 0.264 e. The zero-order valence-corrected chi connectivity index (χ0v) is 19.7. The fourth-order valence-corrected chi connectivity index (χ4v) is 4.94. The van der Waals surface area contributed by atoms with E-state index in [9.17, 15) is 19.1 Å². The van der Waals surface area contributed by atoms with Crippen LogP contribution in [0.15, 0.2) is 65.8 Å². The van der Waals surface area contributed by atoms with Crippen molar-refractivity contribution in [2.75, 3.05) is 13.1 Å². The molecule has 9 heteroatoms. The number of hydrogen-bond donors (Lipinski definition) is 1. The average Bonchev–Trinajstić information content (AvgIpc) is 3.64. The second-order valence-corrected chi connectivity index (χ2v) is 9.86. The number of carbonyl (C=O) groups is 1. The van der Waals surface area contributed by atoms with Crippen molar-refractivity contribution in [1.29, 1.82) is 0 Å². The van der Waals surface area contributed by atoms with Crippen LogP contribution in [0.1, 0.15) is 25.7 Å². The number of amides is 1. The van der Waals surface area contributed by atoms with Gasteiger partial charge < -0.3 is 10.0 Å². The second-order valence-electron chi connectivity index (χ2n) is 9.86. The standard InChI is InChI=1S/C27H26FN5O3/c28-21-5-1-3-19(13-21)20-4-2-6-22(14-20)33-24-23(15-30-33)26(35)32(17-29-24)16-27(36)9-11-31(12-10-27)25(34)18-7-8-18/h1-6,13-15,17-18,36H,7-12,16H2. The van der Waals surface area contributed by atoms with E-state index in [0.717, 1.165) is 24.0 Å². The molecule has 0 bridgehead atoms. The summed E-state index contributed by atoms with van der Waals surface area (Å²) in [6.07, 6.45) is 5.69. The number of rotatable bonds is 5. The third-order valence-corrected chi connectivity index (χ3v) is 7.20. The Labute approximate surface area is 206 Å². The van der Waals surface area contributed by atoms with Gasteiger partial charge in [0.1, 0.15) is 17.5 Å². The van der Waals surface area contributed by atoms with Crippen LogP contribution < -0.4 is 5.56 Å². The van der Waals surface area contributed by atoms with E-state index in [1.165, 1.54) is 29.2 Å². The van der Waals surface area contributed by atoms with Gasteiger partial charge in [-0.15, -0.1) is 0 Å². The van der Waals surface area contributed by atoms with Gasteiger partial charge >= 0.3 is 0 Å². The van der Waals surface area contributed by atoms with Crippen LogP contribution in [0, 0.1) is 11.7 Å². The van der Waals surface area contributed by atoms with Crippen LogP contribution in [0.3, 0.4) is 0 Å². The zero-order valence-electron chi connectivity index (χ0n) is 19.7. The minimum Gasteiger partial charge on any atom is -0.388 e. The molecule has 2 aromatic heterocycles. The van der Waals surface area contributed by atoms with Crippen LogP contribution in [0.5, 0.6) is 0 Å². The third kappa shape index (κ3) is 4.19. The van der Waals surface area contributed by atoms with Gasteiger partial charge in [-0.3, -0.25) is 14.2 Å². The Bertz CT molecular complexity index is 1520. The number of aromatic nitrogens is 4. The molecular weight excluding hydrogens is 461 g/mol. The topological polar surface area (TPSA) is 93.2 Å². The van der Waals surface area contributed by atoms with E-state index in [-0.39, 0.29) is 29.7 Å². The number of benzene rings is 2. The molecule has 6 rings (SSSR count). The van der Waals surface area contributed by atoms with Gasteiger partial charge in [0.25, 0.3) is 5.56 Å². The van der Waals surface area contributed by atoms with Gasteiger partial charge in [0.15, 0.2) is 5.65 Å². The minimum atomic E-state index is -1.07. The molecule has 0 atom stereocenters. The fraction of sp³-hybridized carbons (Fsp3) is 0.333. The summed E-state index contributed by atoms with van der Waals surface area (Å²) < 4.78 is 16.7. The monoisotopic (exact) mass is 487 g/mol. The molecule has 3 heterocycles. The first-order valence-corrected chi connectivity index (χ1v) is 12.2. The molecule has 1 aliphatic heterocycles. The first-order valence-electron chi connectivity index (χ1n) is 12.2. The molecule has 2 aliphatic rings. The number of fused-ring (bicyclic) bond motifs is 1. The summed E-state index contributed by atoms with van der Waals surface area (Å²) >= 11 is 0. The Balaban J connectivity index is 1.25. The lowest BCUT2D eigenvalue weighted by Gasteiger charge is -2.38. The van der Waals surface area contributed by atoms with Gasteiger partial charge in [0.2, 0.25) is 5.91 Å².